The Morgan fingerprint density at radius 2 is 1.95 bits per heavy atom. The summed E-state index contributed by atoms with van der Waals surface area (Å²) in [4.78, 5) is 0.0983. The van der Waals surface area contributed by atoms with E-state index in [0.717, 1.165) is 19.3 Å². The summed E-state index contributed by atoms with van der Waals surface area (Å²) in [6.45, 7) is 4.10. The molecule has 1 aromatic carbocycles. The third-order valence-corrected chi connectivity index (χ3v) is 6.94. The molecule has 1 aliphatic heterocycles. The van der Waals surface area contributed by atoms with Crippen molar-refractivity contribution in [2.24, 2.45) is 5.73 Å². The van der Waals surface area contributed by atoms with E-state index in [9.17, 15) is 8.42 Å². The van der Waals surface area contributed by atoms with Crippen LogP contribution in [0.4, 0.5) is 0 Å². The second-order valence-corrected chi connectivity index (χ2v) is 8.03. The van der Waals surface area contributed by atoms with Crippen molar-refractivity contribution in [3.8, 4) is 0 Å². The molecule has 1 saturated heterocycles. The van der Waals surface area contributed by atoms with Crippen molar-refractivity contribution < 1.29 is 8.42 Å². The van der Waals surface area contributed by atoms with Gasteiger partial charge in [-0.1, -0.05) is 30.1 Å². The summed E-state index contributed by atoms with van der Waals surface area (Å²) >= 11 is 12.2. The normalized spacial score (nSPS) is 23.7. The summed E-state index contributed by atoms with van der Waals surface area (Å²) in [6.07, 6.45) is 2.54. The zero-order chi connectivity index (χ0) is 15.8. The average molecular weight is 351 g/mol. The lowest BCUT2D eigenvalue weighted by Gasteiger charge is -2.27. The molecule has 1 aliphatic rings. The lowest BCUT2D eigenvalue weighted by molar-refractivity contribution is 0.328. The predicted octanol–water partition coefficient (Wildman–Crippen LogP) is 3.40. The molecule has 2 unspecified atom stereocenters. The minimum atomic E-state index is -3.64. The van der Waals surface area contributed by atoms with Gasteiger partial charge in [0.1, 0.15) is 4.90 Å². The maximum absolute atomic E-state index is 13.0. The van der Waals surface area contributed by atoms with Gasteiger partial charge in [0.2, 0.25) is 10.0 Å². The molecule has 118 valence electrons. The monoisotopic (exact) mass is 350 g/mol. The summed E-state index contributed by atoms with van der Waals surface area (Å²) in [7, 11) is -3.64. The minimum Gasteiger partial charge on any atom is -0.326 e. The molecule has 0 spiro atoms. The summed E-state index contributed by atoms with van der Waals surface area (Å²) in [6, 6.07) is 2.96. The van der Waals surface area contributed by atoms with Crippen molar-refractivity contribution in [3.05, 3.63) is 27.7 Å². The molecule has 7 heteroatoms. The molecule has 0 amide bonds. The molecule has 2 rings (SSSR count). The van der Waals surface area contributed by atoms with Crippen molar-refractivity contribution in [1.82, 2.24) is 4.31 Å². The summed E-state index contributed by atoms with van der Waals surface area (Å²) in [5.41, 5.74) is 6.19. The summed E-state index contributed by atoms with van der Waals surface area (Å²) < 4.78 is 27.5. The fraction of sp³-hybridized carbons (Fsp3) is 0.571. The van der Waals surface area contributed by atoms with Crippen molar-refractivity contribution in [1.29, 1.82) is 0 Å². The molecule has 0 saturated carbocycles. The first-order valence-electron chi connectivity index (χ1n) is 7.04. The van der Waals surface area contributed by atoms with Gasteiger partial charge in [0.05, 0.1) is 5.02 Å². The van der Waals surface area contributed by atoms with Crippen LogP contribution in [0.1, 0.15) is 38.7 Å². The molecule has 1 fully saturated rings. The Bertz CT molecular complexity index is 634. The minimum absolute atomic E-state index is 0.0204. The Morgan fingerprint density at radius 1 is 1.29 bits per heavy atom. The predicted molar refractivity (Wildman–Crippen MR) is 86.2 cm³/mol. The average Bonchev–Trinajstić information content (AvgIpc) is 2.80. The van der Waals surface area contributed by atoms with Crippen LogP contribution in [0.3, 0.4) is 0 Å². The van der Waals surface area contributed by atoms with Crippen LogP contribution < -0.4 is 5.73 Å². The lowest BCUT2D eigenvalue weighted by atomic mass is 10.2. The van der Waals surface area contributed by atoms with Crippen molar-refractivity contribution in [2.45, 2.75) is 56.6 Å². The molecule has 0 radical (unpaired) electrons. The van der Waals surface area contributed by atoms with Crippen molar-refractivity contribution in [2.75, 3.05) is 0 Å². The smallest absolute Gasteiger partial charge is 0.245 e. The Balaban J connectivity index is 2.54. The number of hydrogen-bond donors (Lipinski definition) is 1. The second kappa shape index (κ2) is 6.42. The highest BCUT2D eigenvalue weighted by Gasteiger charge is 2.40. The largest absolute Gasteiger partial charge is 0.326 e. The maximum atomic E-state index is 13.0. The first-order valence-corrected chi connectivity index (χ1v) is 9.24. The molecule has 2 N–H and O–H groups in total. The standard InChI is InChI=1S/C14H20Cl2N2O2S/c1-3-11-5-4-9(2)18(11)21(19,20)14-6-10(8-17)12(15)7-13(14)16/h6-7,9,11H,3-5,8,17H2,1-2H3. The number of rotatable bonds is 4. The highest BCUT2D eigenvalue weighted by molar-refractivity contribution is 7.89. The van der Waals surface area contributed by atoms with Gasteiger partial charge < -0.3 is 5.73 Å². The topological polar surface area (TPSA) is 63.4 Å². The van der Waals surface area contributed by atoms with Crippen LogP contribution in [-0.2, 0) is 16.6 Å². The first-order chi connectivity index (χ1) is 9.82. The number of nitrogens with zero attached hydrogens (tertiary/aromatic N) is 1. The Labute approximate surface area is 136 Å². The third-order valence-electron chi connectivity index (χ3n) is 4.06. The molecule has 0 bridgehead atoms. The van der Waals surface area contributed by atoms with Gasteiger partial charge in [-0.3, -0.25) is 0 Å². The van der Waals surface area contributed by atoms with E-state index in [2.05, 4.69) is 0 Å². The van der Waals surface area contributed by atoms with Crippen molar-refractivity contribution >= 4 is 33.2 Å². The highest BCUT2D eigenvalue weighted by atomic mass is 35.5. The van der Waals surface area contributed by atoms with E-state index in [-0.39, 0.29) is 28.5 Å². The summed E-state index contributed by atoms with van der Waals surface area (Å²) in [5, 5.41) is 0.536. The molecule has 1 heterocycles. The van der Waals surface area contributed by atoms with Crippen molar-refractivity contribution in [3.63, 3.8) is 0 Å². The number of nitrogens with two attached hydrogens (primary N) is 1. The highest BCUT2D eigenvalue weighted by Crippen LogP contribution is 2.36. The Hall–Kier alpha value is -0.330. The van der Waals surface area contributed by atoms with Gasteiger partial charge in [0, 0.05) is 23.7 Å². The van der Waals surface area contributed by atoms with E-state index in [1.54, 1.807) is 4.31 Å². The van der Waals surface area contributed by atoms with Crippen LogP contribution in [0.15, 0.2) is 17.0 Å². The maximum Gasteiger partial charge on any atom is 0.245 e. The van der Waals surface area contributed by atoms with Gasteiger partial charge in [-0.15, -0.1) is 0 Å². The molecular formula is C14H20Cl2N2O2S. The van der Waals surface area contributed by atoms with Crippen LogP contribution in [0.25, 0.3) is 0 Å². The first kappa shape index (κ1) is 17.0. The second-order valence-electron chi connectivity index (χ2n) is 5.40. The zero-order valence-corrected chi connectivity index (χ0v) is 14.5. The summed E-state index contributed by atoms with van der Waals surface area (Å²) in [5.74, 6) is 0. The number of sulfonamides is 1. The van der Waals surface area contributed by atoms with Gasteiger partial charge in [0.25, 0.3) is 0 Å². The third kappa shape index (κ3) is 3.08. The lowest BCUT2D eigenvalue weighted by Crippen LogP contribution is -2.39. The molecule has 0 aliphatic carbocycles. The van der Waals surface area contributed by atoms with Gasteiger partial charge >= 0.3 is 0 Å². The van der Waals surface area contributed by atoms with Gasteiger partial charge in [-0.2, -0.15) is 4.31 Å². The molecule has 1 aromatic rings. The van der Waals surface area contributed by atoms with E-state index in [1.165, 1.54) is 12.1 Å². The Morgan fingerprint density at radius 3 is 2.52 bits per heavy atom. The van der Waals surface area contributed by atoms with Crippen LogP contribution >= 0.6 is 23.2 Å². The van der Waals surface area contributed by atoms with E-state index in [1.807, 2.05) is 13.8 Å². The van der Waals surface area contributed by atoms with E-state index in [4.69, 9.17) is 28.9 Å². The van der Waals surface area contributed by atoms with Crippen LogP contribution in [-0.4, -0.2) is 24.8 Å². The SMILES string of the molecule is CCC1CCC(C)N1S(=O)(=O)c1cc(CN)c(Cl)cc1Cl. The number of benzene rings is 1. The van der Waals surface area contributed by atoms with Crippen LogP contribution in [0.2, 0.25) is 10.0 Å². The van der Waals surface area contributed by atoms with E-state index in [0.29, 0.717) is 10.6 Å². The molecule has 2 atom stereocenters. The van der Waals surface area contributed by atoms with E-state index >= 15 is 0 Å². The van der Waals surface area contributed by atoms with Gasteiger partial charge in [0.15, 0.2) is 0 Å². The zero-order valence-electron chi connectivity index (χ0n) is 12.1. The van der Waals surface area contributed by atoms with Crippen LogP contribution in [0.5, 0.6) is 0 Å². The molecular weight excluding hydrogens is 331 g/mol. The van der Waals surface area contributed by atoms with E-state index < -0.39 is 10.0 Å². The molecule has 0 aromatic heterocycles. The quantitative estimate of drug-likeness (QED) is 0.904. The van der Waals surface area contributed by atoms with Gasteiger partial charge in [-0.25, -0.2) is 8.42 Å². The molecule has 21 heavy (non-hydrogen) atoms. The molecule has 4 nitrogen and oxygen atoms in total. The van der Waals surface area contributed by atoms with Gasteiger partial charge in [-0.05, 0) is 43.9 Å². The Kier molecular flexibility index (Phi) is 5.21. The number of hydrogen-bond acceptors (Lipinski definition) is 3. The van der Waals surface area contributed by atoms with Crippen LogP contribution in [0, 0.1) is 0 Å². The fourth-order valence-corrected chi connectivity index (χ4v) is 5.71. The fourth-order valence-electron chi connectivity index (χ4n) is 2.90. The number of halogens is 2.